The van der Waals surface area contributed by atoms with Crippen molar-refractivity contribution < 1.29 is 14.2 Å². The number of hydrogen-bond acceptors (Lipinski definition) is 6. The molecular weight excluding hydrogens is 362 g/mol. The zero-order valence-electron chi connectivity index (χ0n) is 15.3. The molecule has 0 unspecified atom stereocenters. The molecule has 0 N–H and O–H groups in total. The van der Waals surface area contributed by atoms with Crippen molar-refractivity contribution in [1.29, 1.82) is 0 Å². The number of ether oxygens (including phenoxy) is 3. The Hall–Kier alpha value is -3.06. The van der Waals surface area contributed by atoms with E-state index in [1.165, 1.54) is 0 Å². The fourth-order valence-electron chi connectivity index (χ4n) is 2.91. The molecule has 2 aromatic carbocycles. The second kappa shape index (κ2) is 7.28. The number of methoxy groups -OCH3 is 2. The van der Waals surface area contributed by atoms with E-state index in [1.54, 1.807) is 25.6 Å². The van der Waals surface area contributed by atoms with Crippen molar-refractivity contribution in [3.05, 3.63) is 47.8 Å². The molecule has 27 heavy (non-hydrogen) atoms. The zero-order valence-corrected chi connectivity index (χ0v) is 16.1. The van der Waals surface area contributed by atoms with Crippen molar-refractivity contribution in [2.45, 2.75) is 6.92 Å². The molecule has 0 aliphatic heterocycles. The minimum Gasteiger partial charge on any atom is -0.493 e. The summed E-state index contributed by atoms with van der Waals surface area (Å²) < 4.78 is 18.5. The van der Waals surface area contributed by atoms with E-state index in [0.29, 0.717) is 29.7 Å². The van der Waals surface area contributed by atoms with Crippen LogP contribution in [0.15, 0.2) is 47.8 Å². The molecule has 0 bridgehead atoms. The molecule has 6 nitrogen and oxygen atoms in total. The number of rotatable bonds is 6. The van der Waals surface area contributed by atoms with Gasteiger partial charge in [-0.1, -0.05) is 30.3 Å². The highest BCUT2D eigenvalue weighted by atomic mass is 32.1. The molecule has 2 aromatic heterocycles. The molecule has 0 fully saturated rings. The Morgan fingerprint density at radius 3 is 2.33 bits per heavy atom. The van der Waals surface area contributed by atoms with Crippen LogP contribution < -0.4 is 14.2 Å². The average molecular weight is 381 g/mol. The standard InChI is InChI=1S/C20H19N3O3S/c1-4-26-18-16(24-2)10-14(11-17(18)25-3)19-21-20-23(22-19)15(12-27-20)13-8-6-5-7-9-13/h5-12H,4H2,1-3H3. The first-order valence-electron chi connectivity index (χ1n) is 8.54. The second-order valence-electron chi connectivity index (χ2n) is 5.76. The van der Waals surface area contributed by atoms with Gasteiger partial charge in [-0.25, -0.2) is 4.52 Å². The zero-order chi connectivity index (χ0) is 18.8. The summed E-state index contributed by atoms with van der Waals surface area (Å²) >= 11 is 1.56. The highest BCUT2D eigenvalue weighted by Gasteiger charge is 2.18. The number of nitrogens with zero attached hydrogens (tertiary/aromatic N) is 3. The highest BCUT2D eigenvalue weighted by molar-refractivity contribution is 7.15. The van der Waals surface area contributed by atoms with Crippen LogP contribution >= 0.6 is 11.3 Å². The van der Waals surface area contributed by atoms with Crippen molar-refractivity contribution in [2.75, 3.05) is 20.8 Å². The fraction of sp³-hybridized carbons (Fsp3) is 0.200. The maximum atomic E-state index is 5.67. The SMILES string of the molecule is CCOc1c(OC)cc(-c2nc3scc(-c4ccccc4)n3n2)cc1OC. The van der Waals surface area contributed by atoms with Gasteiger partial charge in [0.1, 0.15) is 0 Å². The molecule has 0 saturated carbocycles. The number of thiazole rings is 1. The Morgan fingerprint density at radius 2 is 1.70 bits per heavy atom. The molecule has 7 heteroatoms. The van der Waals surface area contributed by atoms with Crippen molar-refractivity contribution in [1.82, 2.24) is 14.6 Å². The number of aromatic nitrogens is 3. The lowest BCUT2D eigenvalue weighted by molar-refractivity contribution is 0.288. The Labute approximate surface area is 161 Å². The van der Waals surface area contributed by atoms with Crippen LogP contribution in [0.1, 0.15) is 6.92 Å². The summed E-state index contributed by atoms with van der Waals surface area (Å²) in [5.41, 5.74) is 2.92. The summed E-state index contributed by atoms with van der Waals surface area (Å²) in [7, 11) is 3.21. The van der Waals surface area contributed by atoms with Gasteiger partial charge in [-0.05, 0) is 19.1 Å². The van der Waals surface area contributed by atoms with Crippen LogP contribution in [0.2, 0.25) is 0 Å². The normalized spacial score (nSPS) is 10.9. The first-order valence-corrected chi connectivity index (χ1v) is 9.42. The molecule has 4 rings (SSSR count). The highest BCUT2D eigenvalue weighted by Crippen LogP contribution is 2.41. The van der Waals surface area contributed by atoms with E-state index < -0.39 is 0 Å². The van der Waals surface area contributed by atoms with E-state index in [0.717, 1.165) is 21.8 Å². The van der Waals surface area contributed by atoms with E-state index in [1.807, 2.05) is 41.8 Å². The van der Waals surface area contributed by atoms with Gasteiger partial charge in [0.25, 0.3) is 0 Å². The van der Waals surface area contributed by atoms with Gasteiger partial charge < -0.3 is 14.2 Å². The van der Waals surface area contributed by atoms with Gasteiger partial charge >= 0.3 is 0 Å². The van der Waals surface area contributed by atoms with Gasteiger partial charge in [-0.3, -0.25) is 0 Å². The topological polar surface area (TPSA) is 57.9 Å². The third kappa shape index (κ3) is 3.10. The van der Waals surface area contributed by atoms with E-state index in [2.05, 4.69) is 22.5 Å². The first kappa shape index (κ1) is 17.4. The monoisotopic (exact) mass is 381 g/mol. The molecule has 0 amide bonds. The molecule has 0 aliphatic carbocycles. The number of benzene rings is 2. The lowest BCUT2D eigenvalue weighted by Gasteiger charge is -2.14. The Kier molecular flexibility index (Phi) is 4.68. The summed E-state index contributed by atoms with van der Waals surface area (Å²) in [6.07, 6.45) is 0. The van der Waals surface area contributed by atoms with Crippen LogP contribution in [-0.2, 0) is 0 Å². The molecule has 0 atom stereocenters. The summed E-state index contributed by atoms with van der Waals surface area (Å²) in [5.74, 6) is 2.37. The van der Waals surface area contributed by atoms with Gasteiger partial charge in [0.15, 0.2) is 17.3 Å². The molecule has 0 radical (unpaired) electrons. The van der Waals surface area contributed by atoms with Gasteiger partial charge in [0.2, 0.25) is 10.7 Å². The van der Waals surface area contributed by atoms with E-state index in [4.69, 9.17) is 19.3 Å². The molecular formula is C20H19N3O3S. The lowest BCUT2D eigenvalue weighted by Crippen LogP contribution is -1.99. The molecule has 4 aromatic rings. The smallest absolute Gasteiger partial charge is 0.213 e. The van der Waals surface area contributed by atoms with Gasteiger partial charge in [0, 0.05) is 16.5 Å². The average Bonchev–Trinajstić information content (AvgIpc) is 3.29. The van der Waals surface area contributed by atoms with Gasteiger partial charge in [0.05, 0.1) is 26.5 Å². The quantitative estimate of drug-likeness (QED) is 0.491. The maximum Gasteiger partial charge on any atom is 0.213 e. The minimum atomic E-state index is 0.519. The van der Waals surface area contributed by atoms with Crippen LogP contribution in [-0.4, -0.2) is 35.4 Å². The van der Waals surface area contributed by atoms with Crippen LogP contribution in [0, 0.1) is 0 Å². The van der Waals surface area contributed by atoms with E-state index >= 15 is 0 Å². The lowest BCUT2D eigenvalue weighted by atomic mass is 10.1. The number of fused-ring (bicyclic) bond motifs is 1. The Morgan fingerprint density at radius 1 is 1.00 bits per heavy atom. The first-order chi connectivity index (χ1) is 13.2. The summed E-state index contributed by atoms with van der Waals surface area (Å²) in [4.78, 5) is 5.50. The second-order valence-corrected chi connectivity index (χ2v) is 6.60. The van der Waals surface area contributed by atoms with Crippen molar-refractivity contribution in [3.8, 4) is 39.9 Å². The molecule has 138 valence electrons. The molecule has 2 heterocycles. The maximum absolute atomic E-state index is 5.67. The Balaban J connectivity index is 1.82. The Bertz CT molecular complexity index is 1050. The van der Waals surface area contributed by atoms with E-state index in [-0.39, 0.29) is 0 Å². The number of hydrogen-bond donors (Lipinski definition) is 0. The van der Waals surface area contributed by atoms with Crippen molar-refractivity contribution in [3.63, 3.8) is 0 Å². The molecule has 0 aliphatic rings. The van der Waals surface area contributed by atoms with Crippen LogP contribution in [0.5, 0.6) is 17.2 Å². The van der Waals surface area contributed by atoms with Crippen molar-refractivity contribution >= 4 is 16.3 Å². The largest absolute Gasteiger partial charge is 0.493 e. The van der Waals surface area contributed by atoms with Gasteiger partial charge in [-0.15, -0.1) is 16.4 Å². The van der Waals surface area contributed by atoms with Gasteiger partial charge in [-0.2, -0.15) is 4.98 Å². The third-order valence-corrected chi connectivity index (χ3v) is 4.97. The van der Waals surface area contributed by atoms with Crippen LogP contribution in [0.4, 0.5) is 0 Å². The summed E-state index contributed by atoms with van der Waals surface area (Å²) in [5, 5.41) is 6.77. The minimum absolute atomic E-state index is 0.519. The van der Waals surface area contributed by atoms with Crippen molar-refractivity contribution in [2.24, 2.45) is 0 Å². The predicted octanol–water partition coefficient (Wildman–Crippen LogP) is 4.54. The van der Waals surface area contributed by atoms with E-state index in [9.17, 15) is 0 Å². The molecule has 0 spiro atoms. The van der Waals surface area contributed by atoms with Crippen LogP contribution in [0.3, 0.4) is 0 Å². The predicted molar refractivity (Wildman–Crippen MR) is 106 cm³/mol. The third-order valence-electron chi connectivity index (χ3n) is 4.16. The summed E-state index contributed by atoms with van der Waals surface area (Å²) in [6.45, 7) is 2.44. The molecule has 0 saturated heterocycles. The summed E-state index contributed by atoms with van der Waals surface area (Å²) in [6, 6.07) is 13.9. The van der Waals surface area contributed by atoms with Crippen LogP contribution in [0.25, 0.3) is 27.6 Å². The fourth-order valence-corrected chi connectivity index (χ4v) is 3.74.